The number of allylic oxidation sites excluding steroid dienone is 10. The first kappa shape index (κ1) is 67.1. The van der Waals surface area contributed by atoms with Gasteiger partial charge in [-0.3, -0.25) is 14.4 Å². The van der Waals surface area contributed by atoms with E-state index in [0.29, 0.717) is 19.3 Å². The summed E-state index contributed by atoms with van der Waals surface area (Å²) in [6, 6.07) is 0. The summed E-state index contributed by atoms with van der Waals surface area (Å²) in [6.45, 7) is 6.60. The lowest BCUT2D eigenvalue weighted by atomic mass is 10.1. The molecule has 0 aromatic carbocycles. The lowest BCUT2D eigenvalue weighted by Gasteiger charge is -2.18. The van der Waals surface area contributed by atoms with Crippen LogP contribution >= 0.6 is 0 Å². The Balaban J connectivity index is 4.39. The third-order valence-electron chi connectivity index (χ3n) is 13.2. The van der Waals surface area contributed by atoms with Gasteiger partial charge in [-0.2, -0.15) is 0 Å². The molecule has 0 aliphatic carbocycles. The fraction of sp³-hybridized carbons (Fsp3) is 0.797. The Morgan fingerprint density at radius 1 is 0.300 bits per heavy atom. The molecule has 0 fully saturated rings. The highest BCUT2D eigenvalue weighted by Crippen LogP contribution is 2.16. The van der Waals surface area contributed by atoms with Gasteiger partial charge in [-0.15, -0.1) is 0 Å². The Labute approximate surface area is 434 Å². The molecule has 0 saturated heterocycles. The normalized spacial score (nSPS) is 12.4. The van der Waals surface area contributed by atoms with Gasteiger partial charge in [0.2, 0.25) is 0 Å². The summed E-state index contributed by atoms with van der Waals surface area (Å²) in [6.07, 6.45) is 73.5. The molecule has 0 aliphatic rings. The van der Waals surface area contributed by atoms with Gasteiger partial charge in [0.1, 0.15) is 13.2 Å². The van der Waals surface area contributed by atoms with Crippen LogP contribution in [0.25, 0.3) is 0 Å². The molecule has 1 unspecified atom stereocenters. The molecular formula is C64H114O6. The van der Waals surface area contributed by atoms with Crippen LogP contribution in [0.1, 0.15) is 310 Å². The molecule has 0 amide bonds. The molecule has 0 rings (SSSR count). The van der Waals surface area contributed by atoms with Crippen LogP contribution in [-0.4, -0.2) is 37.2 Å². The second-order valence-electron chi connectivity index (χ2n) is 20.3. The fourth-order valence-electron chi connectivity index (χ4n) is 8.64. The van der Waals surface area contributed by atoms with E-state index in [1.165, 1.54) is 193 Å². The SMILES string of the molecule is CCCCC/C=C\C=C/CCCCCCCCCCCCC(=O)OCC(COC(=O)CCCCCCC/C=C\CCCCCCCCC)OC(=O)CCCCCCCCC/C=C\C/C=C\CCCCC. The lowest BCUT2D eigenvalue weighted by Crippen LogP contribution is -2.30. The highest BCUT2D eigenvalue weighted by Gasteiger charge is 2.19. The van der Waals surface area contributed by atoms with Gasteiger partial charge in [0.05, 0.1) is 0 Å². The molecule has 0 spiro atoms. The smallest absolute Gasteiger partial charge is 0.306 e. The molecule has 406 valence electrons. The zero-order chi connectivity index (χ0) is 50.7. The highest BCUT2D eigenvalue weighted by atomic mass is 16.6. The standard InChI is InChI=1S/C64H114O6/c1-4-7-10-13-16-19-22-25-28-31-32-34-36-39-42-45-48-51-54-57-63(66)69-60-61(59-68-62(65)56-53-50-47-44-41-38-35-30-27-24-21-18-15-12-9-6-3)70-64(67)58-55-52-49-46-43-40-37-33-29-26-23-20-17-14-11-8-5-2/h16-17,19-20,22,25-26,29-30,35,61H,4-15,18,21,23-24,27-28,31-34,36-60H2,1-3H3/b19-16-,20-17-,25-22-,29-26-,35-30-. The van der Waals surface area contributed by atoms with E-state index in [1.807, 2.05) is 0 Å². The molecule has 70 heavy (non-hydrogen) atoms. The van der Waals surface area contributed by atoms with Crippen molar-refractivity contribution in [1.82, 2.24) is 0 Å². The van der Waals surface area contributed by atoms with Gasteiger partial charge in [-0.1, -0.05) is 248 Å². The number of ether oxygens (including phenoxy) is 3. The highest BCUT2D eigenvalue weighted by molar-refractivity contribution is 5.71. The Morgan fingerprint density at radius 2 is 0.557 bits per heavy atom. The summed E-state index contributed by atoms with van der Waals surface area (Å²) in [5.41, 5.74) is 0. The molecular weight excluding hydrogens is 865 g/mol. The summed E-state index contributed by atoms with van der Waals surface area (Å²) in [5.74, 6) is -0.887. The topological polar surface area (TPSA) is 78.9 Å². The predicted molar refractivity (Wildman–Crippen MR) is 302 cm³/mol. The van der Waals surface area contributed by atoms with Crippen molar-refractivity contribution in [3.8, 4) is 0 Å². The lowest BCUT2D eigenvalue weighted by molar-refractivity contribution is -0.167. The van der Waals surface area contributed by atoms with Crippen molar-refractivity contribution in [3.63, 3.8) is 0 Å². The Morgan fingerprint density at radius 3 is 0.914 bits per heavy atom. The molecule has 0 aliphatic heterocycles. The predicted octanol–water partition coefficient (Wildman–Crippen LogP) is 20.4. The minimum Gasteiger partial charge on any atom is -0.462 e. The van der Waals surface area contributed by atoms with Crippen LogP contribution in [0.5, 0.6) is 0 Å². The van der Waals surface area contributed by atoms with Crippen LogP contribution in [0.3, 0.4) is 0 Å². The van der Waals surface area contributed by atoms with E-state index >= 15 is 0 Å². The van der Waals surface area contributed by atoms with E-state index in [1.54, 1.807) is 0 Å². The van der Waals surface area contributed by atoms with Crippen molar-refractivity contribution < 1.29 is 28.6 Å². The number of hydrogen-bond acceptors (Lipinski definition) is 6. The number of esters is 3. The van der Waals surface area contributed by atoms with E-state index in [0.717, 1.165) is 77.0 Å². The van der Waals surface area contributed by atoms with Gasteiger partial charge in [-0.25, -0.2) is 0 Å². The summed E-state index contributed by atoms with van der Waals surface area (Å²) >= 11 is 0. The Hall–Kier alpha value is -2.89. The van der Waals surface area contributed by atoms with Crippen molar-refractivity contribution in [1.29, 1.82) is 0 Å². The minimum atomic E-state index is -0.783. The fourth-order valence-corrected chi connectivity index (χ4v) is 8.64. The number of carbonyl (C=O) groups is 3. The molecule has 0 saturated carbocycles. The molecule has 0 radical (unpaired) electrons. The van der Waals surface area contributed by atoms with E-state index in [-0.39, 0.29) is 31.1 Å². The van der Waals surface area contributed by atoms with Crippen LogP contribution in [0.15, 0.2) is 60.8 Å². The first-order chi connectivity index (χ1) is 34.5. The van der Waals surface area contributed by atoms with Crippen LogP contribution in [-0.2, 0) is 28.6 Å². The Kier molecular flexibility index (Phi) is 56.3. The molecule has 0 aromatic heterocycles. The average molecular weight is 980 g/mol. The molecule has 6 nitrogen and oxygen atoms in total. The third-order valence-corrected chi connectivity index (χ3v) is 13.2. The van der Waals surface area contributed by atoms with Crippen molar-refractivity contribution >= 4 is 17.9 Å². The number of carbonyl (C=O) groups excluding carboxylic acids is 3. The summed E-state index contributed by atoms with van der Waals surface area (Å²) < 4.78 is 16.9. The molecule has 1 atom stereocenters. The zero-order valence-corrected chi connectivity index (χ0v) is 46.5. The molecule has 0 bridgehead atoms. The number of hydrogen-bond donors (Lipinski definition) is 0. The minimum absolute atomic E-state index is 0.0806. The van der Waals surface area contributed by atoms with Gasteiger partial charge in [0, 0.05) is 19.3 Å². The van der Waals surface area contributed by atoms with Crippen molar-refractivity contribution in [2.75, 3.05) is 13.2 Å². The molecule has 0 aromatic rings. The van der Waals surface area contributed by atoms with E-state index in [9.17, 15) is 14.4 Å². The van der Waals surface area contributed by atoms with E-state index in [2.05, 4.69) is 81.5 Å². The molecule has 6 heteroatoms. The van der Waals surface area contributed by atoms with Gasteiger partial charge in [0.15, 0.2) is 6.10 Å². The second-order valence-corrected chi connectivity index (χ2v) is 20.3. The van der Waals surface area contributed by atoms with Crippen molar-refractivity contribution in [3.05, 3.63) is 60.8 Å². The maximum atomic E-state index is 12.9. The first-order valence-corrected chi connectivity index (χ1v) is 30.3. The average Bonchev–Trinajstić information content (AvgIpc) is 3.36. The molecule has 0 heterocycles. The monoisotopic (exact) mass is 979 g/mol. The van der Waals surface area contributed by atoms with Crippen LogP contribution < -0.4 is 0 Å². The van der Waals surface area contributed by atoms with Crippen molar-refractivity contribution in [2.45, 2.75) is 316 Å². The number of rotatable bonds is 55. The van der Waals surface area contributed by atoms with Crippen molar-refractivity contribution in [2.24, 2.45) is 0 Å². The van der Waals surface area contributed by atoms with Gasteiger partial charge < -0.3 is 14.2 Å². The van der Waals surface area contributed by atoms with Gasteiger partial charge in [0.25, 0.3) is 0 Å². The molecule has 0 N–H and O–H groups in total. The summed E-state index contributed by atoms with van der Waals surface area (Å²) in [5, 5.41) is 0. The zero-order valence-electron chi connectivity index (χ0n) is 46.5. The van der Waals surface area contributed by atoms with Crippen LogP contribution in [0.2, 0.25) is 0 Å². The third kappa shape index (κ3) is 56.0. The maximum Gasteiger partial charge on any atom is 0.306 e. The second kappa shape index (κ2) is 58.7. The van der Waals surface area contributed by atoms with E-state index in [4.69, 9.17) is 14.2 Å². The maximum absolute atomic E-state index is 12.9. The first-order valence-electron chi connectivity index (χ1n) is 30.3. The quantitative estimate of drug-likeness (QED) is 0.0199. The Bertz CT molecular complexity index is 1260. The van der Waals surface area contributed by atoms with E-state index < -0.39 is 6.10 Å². The van der Waals surface area contributed by atoms with Crippen LogP contribution in [0.4, 0.5) is 0 Å². The number of unbranched alkanes of at least 4 members (excludes halogenated alkanes) is 35. The van der Waals surface area contributed by atoms with Crippen LogP contribution in [0, 0.1) is 0 Å². The summed E-state index contributed by atoms with van der Waals surface area (Å²) in [4.78, 5) is 38.2. The van der Waals surface area contributed by atoms with Gasteiger partial charge in [-0.05, 0) is 103 Å². The summed E-state index contributed by atoms with van der Waals surface area (Å²) in [7, 11) is 0. The largest absolute Gasteiger partial charge is 0.462 e. The van der Waals surface area contributed by atoms with Gasteiger partial charge >= 0.3 is 17.9 Å².